The summed E-state index contributed by atoms with van der Waals surface area (Å²) in [6.45, 7) is 3.87. The first-order valence-electron chi connectivity index (χ1n) is 5.23. The molecule has 1 aromatic rings. The summed E-state index contributed by atoms with van der Waals surface area (Å²) in [5.41, 5.74) is 5.47. The van der Waals surface area contributed by atoms with Gasteiger partial charge in [0.15, 0.2) is 0 Å². The molecule has 8 heteroatoms. The first kappa shape index (κ1) is 15.0. The molecule has 0 aliphatic heterocycles. The van der Waals surface area contributed by atoms with Crippen LogP contribution in [0.25, 0.3) is 0 Å². The maximum Gasteiger partial charge on any atom is 0.209 e. The smallest absolute Gasteiger partial charge is 0.209 e. The summed E-state index contributed by atoms with van der Waals surface area (Å²) >= 11 is 5.76. The highest BCUT2D eigenvalue weighted by Gasteiger charge is 2.21. The SMILES string of the molecule is CC(C)(CNc1cc(N)cc(Cl)n1)NS(C)(=O)=O. The number of hydrogen-bond donors (Lipinski definition) is 3. The molecule has 4 N–H and O–H groups in total. The lowest BCUT2D eigenvalue weighted by Gasteiger charge is -2.25. The number of hydrogen-bond acceptors (Lipinski definition) is 5. The molecule has 0 aromatic carbocycles. The highest BCUT2D eigenvalue weighted by Crippen LogP contribution is 2.16. The Bertz CT molecular complexity index is 510. The molecule has 0 saturated carbocycles. The average Bonchev–Trinajstić information content (AvgIpc) is 2.09. The second-order valence-electron chi connectivity index (χ2n) is 4.72. The number of nitrogens with zero attached hydrogens (tertiary/aromatic N) is 1. The van der Waals surface area contributed by atoms with Crippen LogP contribution in [0.5, 0.6) is 0 Å². The zero-order valence-corrected chi connectivity index (χ0v) is 12.1. The second-order valence-corrected chi connectivity index (χ2v) is 6.86. The Hall–Kier alpha value is -1.05. The summed E-state index contributed by atoms with van der Waals surface area (Å²) in [6, 6.07) is 3.16. The van der Waals surface area contributed by atoms with Crippen LogP contribution in [0.15, 0.2) is 12.1 Å². The van der Waals surface area contributed by atoms with Gasteiger partial charge in [0.25, 0.3) is 0 Å². The van der Waals surface area contributed by atoms with Crippen molar-refractivity contribution in [3.05, 3.63) is 17.3 Å². The van der Waals surface area contributed by atoms with Gasteiger partial charge in [0.2, 0.25) is 10.0 Å². The molecule has 0 fully saturated rings. The van der Waals surface area contributed by atoms with Crippen molar-refractivity contribution in [3.8, 4) is 0 Å². The number of nitrogen functional groups attached to an aromatic ring is 1. The van der Waals surface area contributed by atoms with E-state index in [2.05, 4.69) is 15.0 Å². The van der Waals surface area contributed by atoms with Crippen LogP contribution >= 0.6 is 11.6 Å². The molecule has 0 saturated heterocycles. The third kappa shape index (κ3) is 5.52. The largest absolute Gasteiger partial charge is 0.399 e. The van der Waals surface area contributed by atoms with Crippen LogP contribution in [0.3, 0.4) is 0 Å². The fraction of sp³-hybridized carbons (Fsp3) is 0.500. The minimum atomic E-state index is -3.26. The predicted molar refractivity (Wildman–Crippen MR) is 74.2 cm³/mol. The lowest BCUT2D eigenvalue weighted by molar-refractivity contribution is 0.476. The van der Waals surface area contributed by atoms with Crippen molar-refractivity contribution in [3.63, 3.8) is 0 Å². The molecule has 0 amide bonds. The summed E-state index contributed by atoms with van der Waals surface area (Å²) in [5.74, 6) is 0.503. The van der Waals surface area contributed by atoms with Gasteiger partial charge in [0, 0.05) is 23.8 Å². The maximum absolute atomic E-state index is 11.2. The summed E-state index contributed by atoms with van der Waals surface area (Å²) in [4.78, 5) is 4.03. The van der Waals surface area contributed by atoms with Crippen LogP contribution in [0, 0.1) is 0 Å². The van der Waals surface area contributed by atoms with E-state index < -0.39 is 15.6 Å². The summed E-state index contributed by atoms with van der Waals surface area (Å²) < 4.78 is 24.9. The zero-order chi connectivity index (χ0) is 14.0. The van der Waals surface area contributed by atoms with E-state index in [0.29, 0.717) is 18.1 Å². The van der Waals surface area contributed by atoms with Gasteiger partial charge in [0.05, 0.1) is 6.26 Å². The van der Waals surface area contributed by atoms with Crippen molar-refractivity contribution >= 4 is 33.1 Å². The van der Waals surface area contributed by atoms with Crippen molar-refractivity contribution in [2.24, 2.45) is 0 Å². The number of halogens is 1. The molecule has 0 unspecified atom stereocenters. The van der Waals surface area contributed by atoms with Gasteiger partial charge in [-0.05, 0) is 19.9 Å². The topological polar surface area (TPSA) is 97.1 Å². The number of sulfonamides is 1. The summed E-state index contributed by atoms with van der Waals surface area (Å²) in [5, 5.41) is 3.27. The first-order valence-corrected chi connectivity index (χ1v) is 7.50. The molecule has 0 aliphatic rings. The van der Waals surface area contributed by atoms with Gasteiger partial charge in [0.1, 0.15) is 11.0 Å². The van der Waals surface area contributed by atoms with Crippen LogP contribution in [0.4, 0.5) is 11.5 Å². The normalized spacial score (nSPS) is 12.4. The van der Waals surface area contributed by atoms with E-state index in [9.17, 15) is 8.42 Å². The van der Waals surface area contributed by atoms with E-state index >= 15 is 0 Å². The van der Waals surface area contributed by atoms with E-state index in [4.69, 9.17) is 17.3 Å². The molecule has 102 valence electrons. The molecule has 0 aliphatic carbocycles. The Balaban J connectivity index is 2.69. The highest BCUT2D eigenvalue weighted by molar-refractivity contribution is 7.88. The van der Waals surface area contributed by atoms with Crippen molar-refractivity contribution in [1.82, 2.24) is 9.71 Å². The molecule has 18 heavy (non-hydrogen) atoms. The monoisotopic (exact) mass is 292 g/mol. The Morgan fingerprint density at radius 1 is 1.44 bits per heavy atom. The number of anilines is 2. The number of nitrogens with one attached hydrogen (secondary N) is 2. The van der Waals surface area contributed by atoms with Crippen molar-refractivity contribution in [2.75, 3.05) is 23.9 Å². The second kappa shape index (κ2) is 5.29. The van der Waals surface area contributed by atoms with Crippen LogP contribution in [-0.2, 0) is 10.0 Å². The van der Waals surface area contributed by atoms with E-state index in [-0.39, 0.29) is 5.15 Å². The lowest BCUT2D eigenvalue weighted by Crippen LogP contribution is -2.47. The maximum atomic E-state index is 11.2. The van der Waals surface area contributed by atoms with E-state index in [1.165, 1.54) is 6.07 Å². The van der Waals surface area contributed by atoms with Crippen molar-refractivity contribution in [2.45, 2.75) is 19.4 Å². The predicted octanol–water partition coefficient (Wildman–Crippen LogP) is 1.06. The van der Waals surface area contributed by atoms with Crippen molar-refractivity contribution in [1.29, 1.82) is 0 Å². The Morgan fingerprint density at radius 2 is 2.06 bits per heavy atom. The van der Waals surface area contributed by atoms with Crippen molar-refractivity contribution < 1.29 is 8.42 Å². The van der Waals surface area contributed by atoms with Crippen LogP contribution in [0.2, 0.25) is 5.15 Å². The zero-order valence-electron chi connectivity index (χ0n) is 10.5. The number of aromatic nitrogens is 1. The molecule has 6 nitrogen and oxygen atoms in total. The van der Waals surface area contributed by atoms with Crippen LogP contribution < -0.4 is 15.8 Å². The summed E-state index contributed by atoms with van der Waals surface area (Å²) in [6.07, 6.45) is 1.12. The van der Waals surface area contributed by atoms with E-state index in [0.717, 1.165) is 6.26 Å². The highest BCUT2D eigenvalue weighted by atomic mass is 35.5. The number of pyridine rings is 1. The quantitative estimate of drug-likeness (QED) is 0.705. The fourth-order valence-corrected chi connectivity index (χ4v) is 2.75. The Morgan fingerprint density at radius 3 is 2.56 bits per heavy atom. The Kier molecular flexibility index (Phi) is 4.41. The van der Waals surface area contributed by atoms with Gasteiger partial charge < -0.3 is 11.1 Å². The third-order valence-corrected chi connectivity index (χ3v) is 3.11. The van der Waals surface area contributed by atoms with Gasteiger partial charge in [-0.25, -0.2) is 18.1 Å². The number of nitrogens with two attached hydrogens (primary N) is 1. The summed E-state index contributed by atoms with van der Waals surface area (Å²) in [7, 11) is -3.26. The molecule has 0 radical (unpaired) electrons. The molecule has 0 bridgehead atoms. The molecule has 1 aromatic heterocycles. The minimum absolute atomic E-state index is 0.284. The lowest BCUT2D eigenvalue weighted by atomic mass is 10.1. The molecule has 0 spiro atoms. The average molecular weight is 293 g/mol. The number of rotatable bonds is 5. The molecule has 1 heterocycles. The molecular formula is C10H17ClN4O2S. The van der Waals surface area contributed by atoms with Gasteiger partial charge in [-0.15, -0.1) is 0 Å². The first-order chi connectivity index (χ1) is 8.07. The van der Waals surface area contributed by atoms with Gasteiger partial charge in [-0.1, -0.05) is 11.6 Å². The molecule has 1 rings (SSSR count). The van der Waals surface area contributed by atoms with Crippen LogP contribution in [0.1, 0.15) is 13.8 Å². The van der Waals surface area contributed by atoms with Gasteiger partial charge in [-0.2, -0.15) is 0 Å². The third-order valence-electron chi connectivity index (χ3n) is 1.99. The minimum Gasteiger partial charge on any atom is -0.399 e. The molecular weight excluding hydrogens is 276 g/mol. The molecule has 0 atom stereocenters. The van der Waals surface area contributed by atoms with Gasteiger partial charge >= 0.3 is 0 Å². The van der Waals surface area contributed by atoms with Crippen LogP contribution in [-0.4, -0.2) is 31.7 Å². The fourth-order valence-electron chi connectivity index (χ4n) is 1.46. The standard InChI is InChI=1S/C10H17ClN4O2S/c1-10(2,15-18(3,16)17)6-13-9-5-7(12)4-8(11)14-9/h4-5,15H,6H2,1-3H3,(H3,12,13,14). The Labute approximate surface area is 112 Å². The van der Waals surface area contributed by atoms with Gasteiger partial charge in [-0.3, -0.25) is 0 Å². The van der Waals surface area contributed by atoms with E-state index in [1.807, 2.05) is 0 Å². The van der Waals surface area contributed by atoms with E-state index in [1.54, 1.807) is 19.9 Å².